The number of aromatic nitrogens is 1. The largest absolute Gasteiger partial charge is 0.490 e. The Bertz CT molecular complexity index is 1460. The topological polar surface area (TPSA) is 106 Å². The second-order valence-electron chi connectivity index (χ2n) is 7.43. The van der Waals surface area contributed by atoms with Crippen LogP contribution in [0.3, 0.4) is 0 Å². The molecule has 1 heterocycles. The normalized spacial score (nSPS) is 10.5. The number of methoxy groups -OCH3 is 1. The summed E-state index contributed by atoms with van der Waals surface area (Å²) in [6.07, 6.45) is 1.52. The average Bonchev–Trinajstić information content (AvgIpc) is 2.87. The highest BCUT2D eigenvalue weighted by Crippen LogP contribution is 2.34. The number of benzene rings is 3. The Kier molecular flexibility index (Phi) is 7.53. The molecule has 0 saturated carbocycles. The van der Waals surface area contributed by atoms with Crippen LogP contribution in [0.4, 0.5) is 25.0 Å². The third kappa shape index (κ3) is 5.65. The molecule has 0 aliphatic heterocycles. The fourth-order valence-corrected chi connectivity index (χ4v) is 3.31. The standard InChI is InChI=1S/C26H20F2N4O4/c1-34-10-11-35-25-14-23-18(12-16(25)15-29)24(8-9-30-23)36-17-6-7-22(20(28)13-17)32-26(33)31-21-5-3-2-4-19(21)27/h2-9,12-14H,10-11H2,1H3,(H2,31,32,33). The third-order valence-electron chi connectivity index (χ3n) is 5.01. The molecule has 0 saturated heterocycles. The van der Waals surface area contributed by atoms with E-state index < -0.39 is 17.7 Å². The molecule has 4 aromatic rings. The van der Waals surface area contributed by atoms with Gasteiger partial charge in [-0.3, -0.25) is 4.98 Å². The second-order valence-corrected chi connectivity index (χ2v) is 7.43. The van der Waals surface area contributed by atoms with E-state index in [4.69, 9.17) is 14.2 Å². The maximum atomic E-state index is 14.7. The van der Waals surface area contributed by atoms with Crippen LogP contribution >= 0.6 is 0 Å². The Morgan fingerprint density at radius 1 is 0.972 bits per heavy atom. The molecule has 3 aromatic carbocycles. The molecule has 2 amide bonds. The summed E-state index contributed by atoms with van der Waals surface area (Å²) in [5.74, 6) is -0.520. The molecule has 0 bridgehead atoms. The van der Waals surface area contributed by atoms with Crippen LogP contribution in [-0.2, 0) is 4.74 Å². The summed E-state index contributed by atoms with van der Waals surface area (Å²) in [4.78, 5) is 16.4. The van der Waals surface area contributed by atoms with E-state index in [1.807, 2.05) is 0 Å². The van der Waals surface area contributed by atoms with Crippen molar-refractivity contribution in [3.63, 3.8) is 0 Å². The smallest absolute Gasteiger partial charge is 0.323 e. The summed E-state index contributed by atoms with van der Waals surface area (Å²) in [5.41, 5.74) is 0.634. The molecule has 1 aromatic heterocycles. The van der Waals surface area contributed by atoms with Crippen LogP contribution in [0.2, 0.25) is 0 Å². The van der Waals surface area contributed by atoms with Crippen molar-refractivity contribution >= 4 is 28.3 Å². The molecule has 0 aliphatic carbocycles. The van der Waals surface area contributed by atoms with Gasteiger partial charge in [0.1, 0.15) is 41.6 Å². The minimum atomic E-state index is -0.805. The predicted molar refractivity (Wildman–Crippen MR) is 129 cm³/mol. The predicted octanol–water partition coefficient (Wildman–Crippen LogP) is 5.85. The zero-order valence-electron chi connectivity index (χ0n) is 19.0. The summed E-state index contributed by atoms with van der Waals surface area (Å²) in [6.45, 7) is 0.631. The highest BCUT2D eigenvalue weighted by molar-refractivity contribution is 6.00. The number of rotatable bonds is 8. The van der Waals surface area contributed by atoms with E-state index >= 15 is 0 Å². The Hall–Kier alpha value is -4.75. The summed E-state index contributed by atoms with van der Waals surface area (Å²) < 4.78 is 44.8. The number of amides is 2. The quantitative estimate of drug-likeness (QED) is 0.300. The van der Waals surface area contributed by atoms with Gasteiger partial charge in [-0.15, -0.1) is 0 Å². The van der Waals surface area contributed by atoms with Gasteiger partial charge in [0, 0.05) is 30.8 Å². The lowest BCUT2D eigenvalue weighted by Gasteiger charge is -2.13. The number of fused-ring (bicyclic) bond motifs is 1. The van der Waals surface area contributed by atoms with Crippen molar-refractivity contribution in [3.8, 4) is 23.3 Å². The number of hydrogen-bond acceptors (Lipinski definition) is 6. The van der Waals surface area contributed by atoms with Gasteiger partial charge in [0.2, 0.25) is 0 Å². The zero-order chi connectivity index (χ0) is 25.5. The SMILES string of the molecule is COCCOc1cc2nccc(Oc3ccc(NC(=O)Nc4ccccc4F)c(F)c3)c2cc1C#N. The van der Waals surface area contributed by atoms with Crippen molar-refractivity contribution < 1.29 is 27.8 Å². The van der Waals surface area contributed by atoms with E-state index in [1.165, 1.54) is 36.5 Å². The highest BCUT2D eigenvalue weighted by Gasteiger charge is 2.14. The first-order valence-electron chi connectivity index (χ1n) is 10.7. The molecule has 182 valence electrons. The Morgan fingerprint density at radius 3 is 2.47 bits per heavy atom. The van der Waals surface area contributed by atoms with Gasteiger partial charge in [0.25, 0.3) is 0 Å². The number of urea groups is 1. The van der Waals surface area contributed by atoms with Crippen molar-refractivity contribution in [3.05, 3.63) is 84.1 Å². The summed E-state index contributed by atoms with van der Waals surface area (Å²) in [7, 11) is 1.55. The van der Waals surface area contributed by atoms with Crippen LogP contribution in [0.1, 0.15) is 5.56 Å². The summed E-state index contributed by atoms with van der Waals surface area (Å²) >= 11 is 0. The van der Waals surface area contributed by atoms with Crippen LogP contribution < -0.4 is 20.1 Å². The molecule has 0 atom stereocenters. The number of ether oxygens (including phenoxy) is 3. The van der Waals surface area contributed by atoms with E-state index in [9.17, 15) is 18.8 Å². The monoisotopic (exact) mass is 490 g/mol. The number of para-hydroxylation sites is 1. The van der Waals surface area contributed by atoms with E-state index in [-0.39, 0.29) is 29.3 Å². The van der Waals surface area contributed by atoms with Gasteiger partial charge < -0.3 is 24.8 Å². The van der Waals surface area contributed by atoms with E-state index in [0.717, 1.165) is 6.07 Å². The van der Waals surface area contributed by atoms with Crippen molar-refractivity contribution in [2.75, 3.05) is 31.0 Å². The number of anilines is 2. The molecule has 10 heteroatoms. The third-order valence-corrected chi connectivity index (χ3v) is 5.01. The van der Waals surface area contributed by atoms with Crippen LogP contribution in [0, 0.1) is 23.0 Å². The number of nitrogens with zero attached hydrogens (tertiary/aromatic N) is 2. The molecule has 8 nitrogen and oxygen atoms in total. The Morgan fingerprint density at radius 2 is 1.75 bits per heavy atom. The Labute approximate surface area is 205 Å². The molecule has 0 radical (unpaired) electrons. The molecule has 4 rings (SSSR count). The number of pyridine rings is 1. The molecule has 0 spiro atoms. The van der Waals surface area contributed by atoms with E-state index in [2.05, 4.69) is 21.7 Å². The molecule has 0 unspecified atom stereocenters. The van der Waals surface area contributed by atoms with Crippen molar-refractivity contribution in [2.24, 2.45) is 0 Å². The number of hydrogen-bond donors (Lipinski definition) is 2. The van der Waals surface area contributed by atoms with Gasteiger partial charge in [-0.1, -0.05) is 12.1 Å². The lowest BCUT2D eigenvalue weighted by molar-refractivity contribution is 0.146. The number of nitrogens with one attached hydrogen (secondary N) is 2. The van der Waals surface area contributed by atoms with Gasteiger partial charge in [-0.05, 0) is 36.4 Å². The minimum Gasteiger partial charge on any atom is -0.490 e. The van der Waals surface area contributed by atoms with Crippen molar-refractivity contribution in [2.45, 2.75) is 0 Å². The van der Waals surface area contributed by atoms with Gasteiger partial charge in [-0.25, -0.2) is 13.6 Å². The van der Waals surface area contributed by atoms with Gasteiger partial charge >= 0.3 is 6.03 Å². The van der Waals surface area contributed by atoms with Crippen molar-refractivity contribution in [1.29, 1.82) is 5.26 Å². The fraction of sp³-hybridized carbons (Fsp3) is 0.115. The Balaban J connectivity index is 1.52. The minimum absolute atomic E-state index is 0.0380. The van der Waals surface area contributed by atoms with Crippen LogP contribution in [-0.4, -0.2) is 31.3 Å². The maximum absolute atomic E-state index is 14.7. The first kappa shape index (κ1) is 24.4. The lowest BCUT2D eigenvalue weighted by Crippen LogP contribution is -2.20. The zero-order valence-corrected chi connectivity index (χ0v) is 19.0. The number of carbonyl (C=O) groups is 1. The van der Waals surface area contributed by atoms with Gasteiger partial charge in [0.15, 0.2) is 0 Å². The fourth-order valence-electron chi connectivity index (χ4n) is 3.31. The molecule has 36 heavy (non-hydrogen) atoms. The first-order chi connectivity index (χ1) is 17.5. The summed E-state index contributed by atoms with van der Waals surface area (Å²) in [5, 5.41) is 14.7. The van der Waals surface area contributed by atoms with Gasteiger partial charge in [-0.2, -0.15) is 5.26 Å². The molecule has 0 fully saturated rings. The second kappa shape index (κ2) is 11.1. The first-order valence-corrected chi connectivity index (χ1v) is 10.7. The molecule has 2 N–H and O–H groups in total. The number of halogens is 2. The molecular weight excluding hydrogens is 470 g/mol. The van der Waals surface area contributed by atoms with E-state index in [0.29, 0.717) is 29.0 Å². The van der Waals surface area contributed by atoms with Crippen molar-refractivity contribution in [1.82, 2.24) is 4.98 Å². The van der Waals surface area contributed by atoms with E-state index in [1.54, 1.807) is 31.4 Å². The molecular formula is C26H20F2N4O4. The molecule has 0 aliphatic rings. The highest BCUT2D eigenvalue weighted by atomic mass is 19.1. The maximum Gasteiger partial charge on any atom is 0.323 e. The van der Waals surface area contributed by atoms with Gasteiger partial charge in [0.05, 0.1) is 29.1 Å². The lowest BCUT2D eigenvalue weighted by atomic mass is 10.1. The van der Waals surface area contributed by atoms with Crippen LogP contribution in [0.5, 0.6) is 17.2 Å². The van der Waals surface area contributed by atoms with Crippen LogP contribution in [0.25, 0.3) is 10.9 Å². The average molecular weight is 490 g/mol. The summed E-state index contributed by atoms with van der Waals surface area (Å²) in [6, 6.07) is 15.6. The number of nitriles is 1. The van der Waals surface area contributed by atoms with Crippen LogP contribution in [0.15, 0.2) is 66.9 Å². The number of carbonyl (C=O) groups excluding carboxylic acids is 1.